The average molecular weight is 613 g/mol. The summed E-state index contributed by atoms with van der Waals surface area (Å²) in [5, 5.41) is -6.42. The van der Waals surface area contributed by atoms with E-state index in [2.05, 4.69) is 0 Å². The molecule has 0 aromatic heterocycles. The van der Waals surface area contributed by atoms with Gasteiger partial charge >= 0.3 is 0 Å². The van der Waals surface area contributed by atoms with Crippen molar-refractivity contribution >= 4 is 43.1 Å². The number of fused-ring (bicyclic) bond motifs is 4. The second-order valence-electron chi connectivity index (χ2n) is 9.75. The summed E-state index contributed by atoms with van der Waals surface area (Å²) in [6.45, 7) is 0. The van der Waals surface area contributed by atoms with E-state index in [0.29, 0.717) is 0 Å². The van der Waals surface area contributed by atoms with E-state index >= 15 is 0 Å². The standard InChI is InChI=1S/C46H30/c1-2-14-32(15-3-1)37-20-8-9-21-39(37)45-41-22-10-11-23-42(41)46(40-24-12-18-33-16-6-7-19-38(33)40)44-30-36(27-28-43(44)45)35-26-25-31-13-4-5-17-34(31)29-35/h1-30H/i1D,2D,3D,4D,5D,6D,7D,8D,9D,10D,11D,12D,13D,14D,15D,16D,17D,18D,19D,20D,21D,22D,23D,24D,25D,26D,27D,28D,29D,30D. The van der Waals surface area contributed by atoms with E-state index < -0.39 is 269 Å². The van der Waals surface area contributed by atoms with Crippen LogP contribution in [-0.2, 0) is 0 Å². The van der Waals surface area contributed by atoms with Crippen molar-refractivity contribution in [2.45, 2.75) is 0 Å². The van der Waals surface area contributed by atoms with Crippen molar-refractivity contribution in [3.05, 3.63) is 181 Å². The van der Waals surface area contributed by atoms with Crippen LogP contribution >= 0.6 is 0 Å². The minimum absolute atomic E-state index is 0.629. The Morgan fingerprint density at radius 2 is 0.783 bits per heavy atom. The highest BCUT2D eigenvalue weighted by Crippen LogP contribution is 2.48. The summed E-state index contributed by atoms with van der Waals surface area (Å²) < 4.78 is 271. The van der Waals surface area contributed by atoms with Gasteiger partial charge in [-0.3, -0.25) is 0 Å². The highest BCUT2D eigenvalue weighted by atomic mass is 14.2. The molecule has 9 aromatic carbocycles. The molecule has 0 radical (unpaired) electrons. The lowest BCUT2D eigenvalue weighted by Crippen LogP contribution is -1.94. The third-order valence-electron chi connectivity index (χ3n) is 7.25. The van der Waals surface area contributed by atoms with Crippen LogP contribution in [0.15, 0.2) is 181 Å². The van der Waals surface area contributed by atoms with E-state index in [9.17, 15) is 15.1 Å². The fourth-order valence-electron chi connectivity index (χ4n) is 5.31. The SMILES string of the molecule is [2H]c1c([2H])c([2H])c(-c2c([2H])c([2H])c([2H])c([2H])c2-c2c3c([2H])c([2H])c([2H])c([2H])c3c(-c3c([2H])c([2H])c([2H])c4c([2H])c([2H])c([2H])c([2H])c34)c3c([2H])c(-c4c([2H])c([2H])c5c([2H])c([2H])c([2H])c([2H])c5c4[2H])c([2H])c([2H])c23)c([2H])c1[2H]. The molecule has 0 saturated carbocycles. The molecule has 0 amide bonds. The highest BCUT2D eigenvalue weighted by Gasteiger charge is 2.20. The number of hydrogen-bond donors (Lipinski definition) is 0. The number of benzene rings is 9. The van der Waals surface area contributed by atoms with Gasteiger partial charge in [0.1, 0.15) is 0 Å². The van der Waals surface area contributed by atoms with Crippen molar-refractivity contribution in [2.24, 2.45) is 0 Å². The normalized spacial score (nSPS) is 20.6. The fourth-order valence-corrected chi connectivity index (χ4v) is 5.31. The Morgan fingerprint density at radius 3 is 1.59 bits per heavy atom. The van der Waals surface area contributed by atoms with Crippen molar-refractivity contribution in [3.63, 3.8) is 0 Å². The number of hydrogen-bond acceptors (Lipinski definition) is 0. The summed E-state index contributed by atoms with van der Waals surface area (Å²) >= 11 is 0. The van der Waals surface area contributed by atoms with Gasteiger partial charge in [-0.2, -0.15) is 0 Å². The van der Waals surface area contributed by atoms with E-state index in [4.69, 9.17) is 26.0 Å². The first-order valence-corrected chi connectivity index (χ1v) is 13.5. The van der Waals surface area contributed by atoms with Gasteiger partial charge in [0.25, 0.3) is 0 Å². The van der Waals surface area contributed by atoms with Gasteiger partial charge in [-0.25, -0.2) is 0 Å². The molecule has 0 aliphatic rings. The molecular formula is C46H30. The lowest BCUT2D eigenvalue weighted by atomic mass is 9.82. The second kappa shape index (κ2) is 10.9. The molecule has 0 heterocycles. The minimum Gasteiger partial charge on any atom is -0.0622 e. The molecule has 9 rings (SSSR count). The zero-order valence-corrected chi connectivity index (χ0v) is 23.0. The third-order valence-corrected chi connectivity index (χ3v) is 7.25. The maximum Gasteiger partial charge on any atom is 0.0636 e. The lowest BCUT2D eigenvalue weighted by Gasteiger charge is -2.21. The Hall–Kier alpha value is -5.98. The second-order valence-corrected chi connectivity index (χ2v) is 9.75. The number of rotatable bonds is 4. The zero-order valence-electron chi connectivity index (χ0n) is 53.0. The van der Waals surface area contributed by atoms with Crippen LogP contribution in [0, 0.1) is 0 Å². The lowest BCUT2D eigenvalue weighted by molar-refractivity contribution is 1.60. The fraction of sp³-hybridized carbons (Fsp3) is 0. The van der Waals surface area contributed by atoms with Gasteiger partial charge in [0, 0.05) is 0 Å². The van der Waals surface area contributed by atoms with Crippen LogP contribution < -0.4 is 0 Å². The third kappa shape index (κ3) is 4.30. The van der Waals surface area contributed by atoms with Crippen LogP contribution in [0.5, 0.6) is 0 Å². The Balaban J connectivity index is 1.74. The first-order valence-electron chi connectivity index (χ1n) is 28.5. The van der Waals surface area contributed by atoms with Gasteiger partial charge in [-0.15, -0.1) is 0 Å². The molecule has 0 aliphatic carbocycles. The topological polar surface area (TPSA) is 0 Å². The van der Waals surface area contributed by atoms with Crippen molar-refractivity contribution in [1.29, 1.82) is 0 Å². The van der Waals surface area contributed by atoms with E-state index in [1.807, 2.05) is 0 Å². The maximum absolute atomic E-state index is 10.2. The summed E-state index contributed by atoms with van der Waals surface area (Å²) in [5.41, 5.74) is -7.29. The molecule has 0 nitrogen and oxygen atoms in total. The van der Waals surface area contributed by atoms with Crippen LogP contribution in [0.2, 0.25) is 0 Å². The average Bonchev–Trinajstić information content (AvgIpc) is 3.41. The molecule has 9 aromatic rings. The van der Waals surface area contributed by atoms with Crippen molar-refractivity contribution < 1.29 is 41.1 Å². The molecule has 0 N–H and O–H groups in total. The van der Waals surface area contributed by atoms with Gasteiger partial charge in [-0.1, -0.05) is 169 Å². The smallest absolute Gasteiger partial charge is 0.0622 e. The van der Waals surface area contributed by atoms with Gasteiger partial charge < -0.3 is 0 Å². The summed E-state index contributed by atoms with van der Waals surface area (Å²) in [5.74, 6) is 0. The molecule has 0 bridgehead atoms. The molecule has 0 heteroatoms. The van der Waals surface area contributed by atoms with Crippen molar-refractivity contribution in [3.8, 4) is 44.5 Å². The Bertz CT molecular complexity index is 4240. The van der Waals surface area contributed by atoms with E-state index in [-0.39, 0.29) is 0 Å². The van der Waals surface area contributed by atoms with Crippen LogP contribution in [0.25, 0.3) is 87.6 Å². The summed E-state index contributed by atoms with van der Waals surface area (Å²) in [4.78, 5) is 0. The molecule has 46 heavy (non-hydrogen) atoms. The maximum atomic E-state index is 10.2. The van der Waals surface area contributed by atoms with Gasteiger partial charge in [-0.05, 0) is 99.7 Å². The quantitative estimate of drug-likeness (QED) is 0.173. The van der Waals surface area contributed by atoms with Crippen molar-refractivity contribution in [2.75, 3.05) is 0 Å². The molecule has 0 spiro atoms. The van der Waals surface area contributed by atoms with Gasteiger partial charge in [0.15, 0.2) is 0 Å². The molecule has 0 saturated heterocycles. The van der Waals surface area contributed by atoms with Crippen LogP contribution in [0.3, 0.4) is 0 Å². The largest absolute Gasteiger partial charge is 0.0636 e. The molecule has 0 atom stereocenters. The highest BCUT2D eigenvalue weighted by molar-refractivity contribution is 6.24. The predicted octanol–water partition coefficient (Wildman–Crippen LogP) is 13.0. The molecule has 0 aliphatic heterocycles. The van der Waals surface area contributed by atoms with E-state index in [1.165, 1.54) is 0 Å². The summed E-state index contributed by atoms with van der Waals surface area (Å²) in [6, 6.07) is -30.9. The van der Waals surface area contributed by atoms with Crippen LogP contribution in [-0.4, -0.2) is 0 Å². The molecule has 0 unspecified atom stereocenters. The Morgan fingerprint density at radius 1 is 0.261 bits per heavy atom. The van der Waals surface area contributed by atoms with E-state index in [1.54, 1.807) is 0 Å². The van der Waals surface area contributed by atoms with Crippen molar-refractivity contribution in [1.82, 2.24) is 0 Å². The van der Waals surface area contributed by atoms with Crippen LogP contribution in [0.4, 0.5) is 0 Å². The predicted molar refractivity (Wildman–Crippen MR) is 198 cm³/mol. The van der Waals surface area contributed by atoms with Gasteiger partial charge in [0.2, 0.25) is 0 Å². The Kier molecular flexibility index (Phi) is 2.37. The van der Waals surface area contributed by atoms with Crippen LogP contribution in [0.1, 0.15) is 41.1 Å². The molecule has 0 fully saturated rings. The molecular weight excluding hydrogens is 553 g/mol. The minimum atomic E-state index is -1.20. The van der Waals surface area contributed by atoms with Gasteiger partial charge in [0.05, 0.1) is 41.1 Å². The zero-order chi connectivity index (χ0) is 56.6. The monoisotopic (exact) mass is 612 g/mol. The summed E-state index contributed by atoms with van der Waals surface area (Å²) in [6.07, 6.45) is 0. The van der Waals surface area contributed by atoms with E-state index in [0.717, 1.165) is 0 Å². The first-order chi connectivity index (χ1) is 35.3. The first kappa shape index (κ1) is 10.0. The Labute approximate surface area is 311 Å². The summed E-state index contributed by atoms with van der Waals surface area (Å²) in [7, 11) is 0. The molecule has 214 valence electrons.